The highest BCUT2D eigenvalue weighted by molar-refractivity contribution is 7.99. The van der Waals surface area contributed by atoms with Gasteiger partial charge >= 0.3 is 5.97 Å². The van der Waals surface area contributed by atoms with E-state index in [1.165, 1.54) is 11.8 Å². The molecule has 0 spiro atoms. The first-order valence-corrected chi connectivity index (χ1v) is 7.70. The molecule has 106 valence electrons. The lowest BCUT2D eigenvalue weighted by Gasteiger charge is -2.05. The van der Waals surface area contributed by atoms with Crippen molar-refractivity contribution in [2.24, 2.45) is 0 Å². The van der Waals surface area contributed by atoms with Crippen LogP contribution in [0.2, 0.25) is 0 Å². The van der Waals surface area contributed by atoms with Crippen LogP contribution in [-0.4, -0.2) is 11.7 Å². The summed E-state index contributed by atoms with van der Waals surface area (Å²) >= 11 is 1.51. The number of thioether (sulfide) groups is 1. The van der Waals surface area contributed by atoms with Crippen molar-refractivity contribution in [1.29, 1.82) is 5.26 Å². The van der Waals surface area contributed by atoms with Gasteiger partial charge in [0.1, 0.15) is 6.61 Å². The van der Waals surface area contributed by atoms with Crippen molar-refractivity contribution in [2.75, 3.05) is 5.75 Å². The Morgan fingerprint density at radius 1 is 1.05 bits per heavy atom. The smallest absolute Gasteiger partial charge is 0.316 e. The van der Waals surface area contributed by atoms with E-state index in [4.69, 9.17) is 10.00 Å². The first kappa shape index (κ1) is 15.1. The van der Waals surface area contributed by atoms with Crippen molar-refractivity contribution in [3.8, 4) is 6.07 Å². The molecular formula is C17H15NO2S. The monoisotopic (exact) mass is 297 g/mol. The molecule has 0 aliphatic heterocycles. The van der Waals surface area contributed by atoms with Crippen LogP contribution in [0.3, 0.4) is 0 Å². The van der Waals surface area contributed by atoms with E-state index in [1.807, 2.05) is 42.5 Å². The van der Waals surface area contributed by atoms with Crippen LogP contribution in [-0.2, 0) is 21.9 Å². The zero-order chi connectivity index (χ0) is 14.9. The third-order valence-corrected chi connectivity index (χ3v) is 3.79. The molecule has 0 unspecified atom stereocenters. The molecule has 0 aliphatic rings. The second-order valence-corrected chi connectivity index (χ2v) is 5.43. The van der Waals surface area contributed by atoms with Gasteiger partial charge in [-0.2, -0.15) is 5.26 Å². The molecule has 21 heavy (non-hydrogen) atoms. The Balaban J connectivity index is 1.68. The van der Waals surface area contributed by atoms with Gasteiger partial charge in [-0.3, -0.25) is 4.79 Å². The number of ether oxygens (including phenoxy) is 1. The van der Waals surface area contributed by atoms with E-state index in [9.17, 15) is 4.79 Å². The van der Waals surface area contributed by atoms with E-state index in [0.29, 0.717) is 17.9 Å². The number of esters is 1. The Labute approximate surface area is 128 Å². The maximum Gasteiger partial charge on any atom is 0.316 e. The molecule has 2 aromatic carbocycles. The number of hydrogen-bond acceptors (Lipinski definition) is 4. The van der Waals surface area contributed by atoms with Crippen LogP contribution in [0.15, 0.2) is 54.6 Å². The van der Waals surface area contributed by atoms with Gasteiger partial charge in [0.2, 0.25) is 0 Å². The van der Waals surface area contributed by atoms with Crippen LogP contribution in [0.25, 0.3) is 0 Å². The molecule has 4 heteroatoms. The van der Waals surface area contributed by atoms with Crippen molar-refractivity contribution >= 4 is 17.7 Å². The minimum atomic E-state index is -0.211. The number of benzene rings is 2. The topological polar surface area (TPSA) is 50.1 Å². The zero-order valence-electron chi connectivity index (χ0n) is 11.5. The fourth-order valence-corrected chi connectivity index (χ4v) is 2.49. The summed E-state index contributed by atoms with van der Waals surface area (Å²) in [5.74, 6) is 0.844. The number of carbonyl (C=O) groups is 1. The van der Waals surface area contributed by atoms with Crippen LogP contribution in [0.5, 0.6) is 0 Å². The van der Waals surface area contributed by atoms with E-state index in [2.05, 4.69) is 6.07 Å². The van der Waals surface area contributed by atoms with E-state index >= 15 is 0 Å². The first-order chi connectivity index (χ1) is 10.3. The molecule has 0 saturated heterocycles. The summed E-state index contributed by atoms with van der Waals surface area (Å²) < 4.78 is 5.20. The summed E-state index contributed by atoms with van der Waals surface area (Å²) in [7, 11) is 0. The van der Waals surface area contributed by atoms with Gasteiger partial charge in [0.05, 0.1) is 17.4 Å². The van der Waals surface area contributed by atoms with Crippen LogP contribution in [0, 0.1) is 11.3 Å². The SMILES string of the molecule is N#Cc1ccc(CSCC(=O)OCc2ccccc2)cc1. The molecule has 0 aromatic heterocycles. The molecule has 2 rings (SSSR count). The summed E-state index contributed by atoms with van der Waals surface area (Å²) in [6, 6.07) is 19.1. The van der Waals surface area contributed by atoms with Gasteiger partial charge in [0.15, 0.2) is 0 Å². The summed E-state index contributed by atoms with van der Waals surface area (Å²) in [5, 5.41) is 8.71. The average molecular weight is 297 g/mol. The highest BCUT2D eigenvalue weighted by Gasteiger charge is 2.04. The number of nitriles is 1. The Bertz CT molecular complexity index is 617. The summed E-state index contributed by atoms with van der Waals surface area (Å²) in [5.41, 5.74) is 2.73. The number of carbonyl (C=O) groups excluding carboxylic acids is 1. The molecule has 2 aromatic rings. The average Bonchev–Trinajstić information content (AvgIpc) is 2.54. The quantitative estimate of drug-likeness (QED) is 0.765. The molecule has 0 heterocycles. The van der Waals surface area contributed by atoms with Gasteiger partial charge in [-0.1, -0.05) is 42.5 Å². The van der Waals surface area contributed by atoms with Gasteiger partial charge in [0, 0.05) is 5.75 Å². The molecule has 0 bridgehead atoms. The summed E-state index contributed by atoms with van der Waals surface area (Å²) in [6.07, 6.45) is 0. The van der Waals surface area contributed by atoms with Gasteiger partial charge in [0.25, 0.3) is 0 Å². The zero-order valence-corrected chi connectivity index (χ0v) is 12.3. The predicted molar refractivity (Wildman–Crippen MR) is 83.6 cm³/mol. The Kier molecular flexibility index (Phi) is 5.86. The predicted octanol–water partition coefficient (Wildman–Crippen LogP) is 3.53. The van der Waals surface area contributed by atoms with E-state index in [0.717, 1.165) is 16.9 Å². The first-order valence-electron chi connectivity index (χ1n) is 6.54. The number of rotatable bonds is 6. The van der Waals surface area contributed by atoms with Crippen LogP contribution >= 0.6 is 11.8 Å². The van der Waals surface area contributed by atoms with E-state index < -0.39 is 0 Å². The van der Waals surface area contributed by atoms with E-state index in [-0.39, 0.29) is 5.97 Å². The number of nitrogens with zero attached hydrogens (tertiary/aromatic N) is 1. The third kappa shape index (κ3) is 5.33. The standard InChI is InChI=1S/C17H15NO2S/c18-10-14-6-8-16(9-7-14)12-21-13-17(19)20-11-15-4-2-1-3-5-15/h1-9H,11-13H2. The summed E-state index contributed by atoms with van der Waals surface area (Å²) in [6.45, 7) is 0.317. The van der Waals surface area contributed by atoms with Crippen LogP contribution in [0.1, 0.15) is 16.7 Å². The van der Waals surface area contributed by atoms with Crippen LogP contribution in [0.4, 0.5) is 0 Å². The second-order valence-electron chi connectivity index (χ2n) is 4.45. The minimum Gasteiger partial charge on any atom is -0.460 e. The Morgan fingerprint density at radius 2 is 1.76 bits per heavy atom. The summed E-state index contributed by atoms with van der Waals surface area (Å²) in [4.78, 5) is 11.6. The molecule has 0 amide bonds. The second kappa shape index (κ2) is 8.13. The lowest BCUT2D eigenvalue weighted by Crippen LogP contribution is -2.07. The van der Waals surface area contributed by atoms with Crippen molar-refractivity contribution < 1.29 is 9.53 Å². The molecular weight excluding hydrogens is 282 g/mol. The van der Waals surface area contributed by atoms with Crippen LogP contribution < -0.4 is 0 Å². The maximum absolute atomic E-state index is 11.6. The van der Waals surface area contributed by atoms with Gasteiger partial charge in [-0.05, 0) is 23.3 Å². The molecule has 0 aliphatic carbocycles. The highest BCUT2D eigenvalue weighted by atomic mass is 32.2. The fraction of sp³-hybridized carbons (Fsp3) is 0.176. The maximum atomic E-state index is 11.6. The van der Waals surface area contributed by atoms with Crippen molar-refractivity contribution in [3.05, 3.63) is 71.3 Å². The Morgan fingerprint density at radius 3 is 2.43 bits per heavy atom. The molecule has 0 fully saturated rings. The van der Waals surface area contributed by atoms with Gasteiger partial charge in [-0.25, -0.2) is 0 Å². The minimum absolute atomic E-state index is 0.211. The normalized spacial score (nSPS) is 9.86. The number of hydrogen-bond donors (Lipinski definition) is 0. The molecule has 0 atom stereocenters. The molecule has 0 N–H and O–H groups in total. The van der Waals surface area contributed by atoms with Crippen molar-refractivity contribution in [3.63, 3.8) is 0 Å². The van der Waals surface area contributed by atoms with Gasteiger partial charge < -0.3 is 4.74 Å². The van der Waals surface area contributed by atoms with E-state index in [1.54, 1.807) is 12.1 Å². The largest absolute Gasteiger partial charge is 0.460 e. The molecule has 0 saturated carbocycles. The Hall–Kier alpha value is -2.25. The fourth-order valence-electron chi connectivity index (χ4n) is 1.71. The van der Waals surface area contributed by atoms with Gasteiger partial charge in [-0.15, -0.1) is 11.8 Å². The highest BCUT2D eigenvalue weighted by Crippen LogP contribution is 2.13. The lowest BCUT2D eigenvalue weighted by molar-refractivity contribution is -0.141. The van der Waals surface area contributed by atoms with Crippen molar-refractivity contribution in [1.82, 2.24) is 0 Å². The van der Waals surface area contributed by atoms with Crippen molar-refractivity contribution in [2.45, 2.75) is 12.4 Å². The molecule has 3 nitrogen and oxygen atoms in total. The lowest BCUT2D eigenvalue weighted by atomic mass is 10.2. The molecule has 0 radical (unpaired) electrons. The third-order valence-electron chi connectivity index (χ3n) is 2.81.